The zero-order valence-electron chi connectivity index (χ0n) is 8.49. The first-order chi connectivity index (χ1) is 6.77. The van der Waals surface area contributed by atoms with Gasteiger partial charge in [-0.2, -0.15) is 0 Å². The lowest BCUT2D eigenvalue weighted by atomic mass is 9.83. The summed E-state index contributed by atoms with van der Waals surface area (Å²) < 4.78 is 0. The second kappa shape index (κ2) is 3.77. The van der Waals surface area contributed by atoms with Crippen LogP contribution < -0.4 is 0 Å². The summed E-state index contributed by atoms with van der Waals surface area (Å²) in [5, 5.41) is 0. The minimum atomic E-state index is 0.482. The van der Waals surface area contributed by atoms with Gasteiger partial charge in [0.15, 0.2) is 6.29 Å². The molecule has 0 radical (unpaired) electrons. The van der Waals surface area contributed by atoms with Gasteiger partial charge in [0.05, 0.1) is 4.91 Å². The molecule has 0 saturated carbocycles. The predicted molar refractivity (Wildman–Crippen MR) is 60.8 cm³/mol. The molecule has 14 heavy (non-hydrogen) atoms. The first-order valence-corrected chi connectivity index (χ1v) is 5.84. The van der Waals surface area contributed by atoms with E-state index in [1.165, 1.54) is 10.5 Å². The lowest BCUT2D eigenvalue weighted by Crippen LogP contribution is -2.12. The second-order valence-corrected chi connectivity index (χ2v) is 4.87. The third-order valence-electron chi connectivity index (χ3n) is 2.92. The molecule has 1 nitrogen and oxygen atoms in total. The summed E-state index contributed by atoms with van der Waals surface area (Å²) in [6.07, 6.45) is 8.46. The van der Waals surface area contributed by atoms with Crippen molar-refractivity contribution in [2.45, 2.75) is 20.3 Å². The van der Waals surface area contributed by atoms with Crippen LogP contribution in [0.15, 0.2) is 33.6 Å². The Morgan fingerprint density at radius 2 is 2.36 bits per heavy atom. The largest absolute Gasteiger partial charge is 0.297 e. The first kappa shape index (κ1) is 9.78. The Balaban J connectivity index is 2.40. The molecular formula is C12H14OS. The summed E-state index contributed by atoms with van der Waals surface area (Å²) in [5.41, 5.74) is 1.33. The molecular weight excluding hydrogens is 192 g/mol. The van der Waals surface area contributed by atoms with Crippen LogP contribution in [-0.2, 0) is 4.79 Å². The molecule has 0 saturated heterocycles. The van der Waals surface area contributed by atoms with Gasteiger partial charge in [-0.05, 0) is 22.8 Å². The van der Waals surface area contributed by atoms with Gasteiger partial charge in [-0.25, -0.2) is 0 Å². The van der Waals surface area contributed by atoms with E-state index in [-0.39, 0.29) is 0 Å². The van der Waals surface area contributed by atoms with Gasteiger partial charge in [0.25, 0.3) is 0 Å². The Morgan fingerprint density at radius 3 is 3.00 bits per heavy atom. The zero-order chi connectivity index (χ0) is 10.1. The van der Waals surface area contributed by atoms with E-state index in [0.29, 0.717) is 11.8 Å². The van der Waals surface area contributed by atoms with Crippen LogP contribution in [0.2, 0.25) is 0 Å². The van der Waals surface area contributed by atoms with Crippen molar-refractivity contribution in [3.05, 3.63) is 33.6 Å². The molecule has 2 rings (SSSR count). The van der Waals surface area contributed by atoms with E-state index in [9.17, 15) is 4.79 Å². The number of carbonyl (C=O) groups excluding carboxylic acids is 1. The molecule has 0 aromatic heterocycles. The maximum absolute atomic E-state index is 10.9. The molecule has 1 aliphatic heterocycles. The monoisotopic (exact) mass is 206 g/mol. The summed E-state index contributed by atoms with van der Waals surface area (Å²) in [5.74, 6) is 1.02. The molecule has 0 spiro atoms. The van der Waals surface area contributed by atoms with Crippen molar-refractivity contribution in [1.29, 1.82) is 0 Å². The fourth-order valence-electron chi connectivity index (χ4n) is 2.23. The Morgan fingerprint density at radius 1 is 1.57 bits per heavy atom. The average molecular weight is 206 g/mol. The highest BCUT2D eigenvalue weighted by atomic mass is 32.2. The number of fused-ring (bicyclic) bond motifs is 1. The van der Waals surface area contributed by atoms with Gasteiger partial charge >= 0.3 is 0 Å². The van der Waals surface area contributed by atoms with Crippen molar-refractivity contribution in [2.75, 3.05) is 0 Å². The van der Waals surface area contributed by atoms with Gasteiger partial charge in [-0.3, -0.25) is 4.79 Å². The van der Waals surface area contributed by atoms with Crippen LogP contribution in [0.3, 0.4) is 0 Å². The van der Waals surface area contributed by atoms with Crippen LogP contribution in [0, 0.1) is 11.8 Å². The van der Waals surface area contributed by atoms with Crippen molar-refractivity contribution in [3.8, 4) is 0 Å². The fourth-order valence-corrected chi connectivity index (χ4v) is 3.56. The van der Waals surface area contributed by atoms with Crippen LogP contribution in [0.25, 0.3) is 0 Å². The van der Waals surface area contributed by atoms with Crippen molar-refractivity contribution in [3.63, 3.8) is 0 Å². The number of carbonyl (C=O) groups is 1. The van der Waals surface area contributed by atoms with Crippen molar-refractivity contribution < 1.29 is 4.79 Å². The Labute approximate surface area is 89.0 Å². The topological polar surface area (TPSA) is 17.1 Å². The first-order valence-electron chi connectivity index (χ1n) is 5.02. The second-order valence-electron chi connectivity index (χ2n) is 3.75. The summed E-state index contributed by atoms with van der Waals surface area (Å²) in [4.78, 5) is 13.2. The minimum absolute atomic E-state index is 0.482. The lowest BCUT2D eigenvalue weighted by molar-refractivity contribution is -0.104. The molecule has 0 bridgehead atoms. The molecule has 2 aliphatic rings. The van der Waals surface area contributed by atoms with E-state index < -0.39 is 0 Å². The highest BCUT2D eigenvalue weighted by molar-refractivity contribution is 8.07. The normalized spacial score (nSPS) is 30.3. The molecule has 0 aromatic rings. The summed E-state index contributed by atoms with van der Waals surface area (Å²) in [6, 6.07) is 0. The molecule has 0 fully saturated rings. The van der Waals surface area contributed by atoms with Crippen LogP contribution >= 0.6 is 11.8 Å². The van der Waals surface area contributed by atoms with Crippen molar-refractivity contribution >= 4 is 18.0 Å². The van der Waals surface area contributed by atoms with Crippen LogP contribution in [0.4, 0.5) is 0 Å². The molecule has 2 heteroatoms. The highest BCUT2D eigenvalue weighted by Gasteiger charge is 2.33. The Kier molecular flexibility index (Phi) is 2.64. The van der Waals surface area contributed by atoms with Crippen LogP contribution in [-0.4, -0.2) is 6.29 Å². The van der Waals surface area contributed by atoms with Crippen molar-refractivity contribution in [1.82, 2.24) is 0 Å². The smallest absolute Gasteiger partial charge is 0.156 e. The molecule has 2 atom stereocenters. The van der Waals surface area contributed by atoms with E-state index in [2.05, 4.69) is 32.1 Å². The van der Waals surface area contributed by atoms with Crippen LogP contribution in [0.5, 0.6) is 0 Å². The van der Waals surface area contributed by atoms with Crippen molar-refractivity contribution in [2.24, 2.45) is 11.8 Å². The average Bonchev–Trinajstić information content (AvgIpc) is 2.56. The highest BCUT2D eigenvalue weighted by Crippen LogP contribution is 2.50. The molecule has 74 valence electrons. The fraction of sp³-hybridized carbons (Fsp3) is 0.417. The molecule has 2 unspecified atom stereocenters. The number of aldehydes is 1. The summed E-state index contributed by atoms with van der Waals surface area (Å²) >= 11 is 1.65. The summed E-state index contributed by atoms with van der Waals surface area (Å²) in [7, 11) is 0. The number of thioether (sulfide) groups is 1. The molecule has 0 amide bonds. The number of hydrogen-bond donors (Lipinski definition) is 0. The third kappa shape index (κ3) is 1.38. The number of hydrogen-bond acceptors (Lipinski definition) is 2. The summed E-state index contributed by atoms with van der Waals surface area (Å²) in [6.45, 7) is 4.35. The quantitative estimate of drug-likeness (QED) is 0.645. The number of allylic oxidation sites excluding steroid dienone is 6. The standard InChI is InChI=1S/C12H14OS/c1-3-9-11(7-13)14-10-6-4-5-8(2)12(9)10/h4-8,12H,3H2,1-2H3. The molecule has 0 aromatic carbocycles. The third-order valence-corrected chi connectivity index (χ3v) is 4.12. The number of rotatable bonds is 2. The van der Waals surface area contributed by atoms with E-state index in [4.69, 9.17) is 0 Å². The Hall–Kier alpha value is -0.760. The van der Waals surface area contributed by atoms with Gasteiger partial charge in [-0.1, -0.05) is 43.8 Å². The molecule has 0 N–H and O–H groups in total. The maximum Gasteiger partial charge on any atom is 0.156 e. The van der Waals surface area contributed by atoms with E-state index >= 15 is 0 Å². The zero-order valence-corrected chi connectivity index (χ0v) is 9.30. The van der Waals surface area contributed by atoms with E-state index in [1.807, 2.05) is 0 Å². The van der Waals surface area contributed by atoms with Gasteiger partial charge in [0.2, 0.25) is 0 Å². The lowest BCUT2D eigenvalue weighted by Gasteiger charge is -2.22. The van der Waals surface area contributed by atoms with Gasteiger partial charge < -0.3 is 0 Å². The maximum atomic E-state index is 10.9. The SMILES string of the molecule is CCC1=C(C=O)SC2=CC=CC(C)C21. The van der Waals surface area contributed by atoms with Gasteiger partial charge in [0, 0.05) is 5.92 Å². The van der Waals surface area contributed by atoms with E-state index in [0.717, 1.165) is 17.6 Å². The Bertz CT molecular complexity index is 349. The van der Waals surface area contributed by atoms with Gasteiger partial charge in [-0.15, -0.1) is 0 Å². The van der Waals surface area contributed by atoms with Crippen LogP contribution in [0.1, 0.15) is 20.3 Å². The predicted octanol–water partition coefficient (Wildman–Crippen LogP) is 3.30. The molecule has 1 heterocycles. The molecule has 1 aliphatic carbocycles. The van der Waals surface area contributed by atoms with Gasteiger partial charge in [0.1, 0.15) is 0 Å². The minimum Gasteiger partial charge on any atom is -0.297 e. The van der Waals surface area contributed by atoms with E-state index in [1.54, 1.807) is 11.8 Å².